The molecule has 0 amide bonds. The summed E-state index contributed by atoms with van der Waals surface area (Å²) in [5, 5.41) is 16.7. The van der Waals surface area contributed by atoms with E-state index >= 15 is 0 Å². The van der Waals surface area contributed by atoms with Crippen molar-refractivity contribution in [2.24, 2.45) is 10.1 Å². The first-order chi connectivity index (χ1) is 13.0. The first-order valence-corrected chi connectivity index (χ1v) is 9.29. The van der Waals surface area contributed by atoms with E-state index in [-0.39, 0.29) is 11.6 Å². The number of benzene rings is 2. The Hall–Kier alpha value is -2.99. The fourth-order valence-electron chi connectivity index (χ4n) is 2.51. The summed E-state index contributed by atoms with van der Waals surface area (Å²) in [6, 6.07) is 13.3. The van der Waals surface area contributed by atoms with Gasteiger partial charge in [-0.05, 0) is 50.2 Å². The van der Waals surface area contributed by atoms with Gasteiger partial charge in [-0.2, -0.15) is 5.10 Å². The second-order valence-corrected chi connectivity index (χ2v) is 7.03. The van der Waals surface area contributed by atoms with Crippen LogP contribution in [-0.2, 0) is 0 Å². The maximum atomic E-state index is 13.3. The molecule has 3 aromatic rings. The van der Waals surface area contributed by atoms with Crippen LogP contribution in [0.1, 0.15) is 19.4 Å². The lowest BCUT2D eigenvalue weighted by Crippen LogP contribution is -2.15. The van der Waals surface area contributed by atoms with Crippen molar-refractivity contribution in [2.45, 2.75) is 13.8 Å². The molecule has 0 saturated heterocycles. The van der Waals surface area contributed by atoms with Gasteiger partial charge in [0.25, 0.3) is 0 Å². The van der Waals surface area contributed by atoms with Crippen LogP contribution in [0.5, 0.6) is 5.75 Å². The normalized spacial score (nSPS) is 12.4. The van der Waals surface area contributed by atoms with Crippen LogP contribution in [-0.4, -0.2) is 22.0 Å². The molecule has 0 radical (unpaired) electrons. The highest BCUT2D eigenvalue weighted by molar-refractivity contribution is 7.07. The molecule has 0 bridgehead atoms. The van der Waals surface area contributed by atoms with E-state index in [1.807, 2.05) is 31.4 Å². The van der Waals surface area contributed by atoms with Crippen molar-refractivity contribution in [1.82, 2.24) is 4.68 Å². The van der Waals surface area contributed by atoms with Gasteiger partial charge in [-0.1, -0.05) is 24.3 Å². The number of phenols is 1. The summed E-state index contributed by atoms with van der Waals surface area (Å²) in [5.74, 6) is -0.125. The number of para-hydroxylation sites is 1. The highest BCUT2D eigenvalue weighted by Crippen LogP contribution is 2.22. The molecule has 0 aliphatic carbocycles. The number of rotatable bonds is 5. The Labute approximate surface area is 161 Å². The molecular formula is C21H20FN3OS. The molecule has 0 fully saturated rings. The minimum atomic E-state index is -0.290. The molecule has 1 aromatic heterocycles. The first kappa shape index (κ1) is 18.8. The first-order valence-electron chi connectivity index (χ1n) is 8.41. The van der Waals surface area contributed by atoms with Crippen molar-refractivity contribution in [3.8, 4) is 17.0 Å². The van der Waals surface area contributed by atoms with E-state index in [1.165, 1.54) is 23.5 Å². The molecule has 1 N–H and O–H groups in total. The lowest BCUT2D eigenvalue weighted by molar-refractivity contribution is 0.474. The zero-order chi connectivity index (χ0) is 19.4. The van der Waals surface area contributed by atoms with Crippen LogP contribution in [0.25, 0.3) is 11.3 Å². The molecule has 6 heteroatoms. The van der Waals surface area contributed by atoms with Gasteiger partial charge in [0.2, 0.25) is 4.80 Å². The molecule has 0 atom stereocenters. The van der Waals surface area contributed by atoms with Gasteiger partial charge < -0.3 is 5.11 Å². The van der Waals surface area contributed by atoms with Gasteiger partial charge in [-0.3, -0.25) is 4.99 Å². The highest BCUT2D eigenvalue weighted by Gasteiger charge is 2.10. The van der Waals surface area contributed by atoms with Crippen LogP contribution in [0.4, 0.5) is 4.39 Å². The van der Waals surface area contributed by atoms with E-state index in [0.717, 1.165) is 16.8 Å². The van der Waals surface area contributed by atoms with Gasteiger partial charge in [-0.25, -0.2) is 9.07 Å². The Kier molecular flexibility index (Phi) is 5.66. The van der Waals surface area contributed by atoms with Crippen molar-refractivity contribution < 1.29 is 9.50 Å². The molecule has 27 heavy (non-hydrogen) atoms. The SMILES string of the molecule is C=C(C)CN=c1scc(-c2ccc(F)cc2)n1N=C(C)c1ccccc1O. The molecular weight excluding hydrogens is 361 g/mol. The number of hydrogen-bond donors (Lipinski definition) is 1. The minimum absolute atomic E-state index is 0.165. The molecule has 2 aromatic carbocycles. The lowest BCUT2D eigenvalue weighted by atomic mass is 10.1. The van der Waals surface area contributed by atoms with Gasteiger partial charge in [0.05, 0.1) is 18.0 Å². The van der Waals surface area contributed by atoms with Gasteiger partial charge in [-0.15, -0.1) is 11.3 Å². The summed E-state index contributed by atoms with van der Waals surface area (Å²) in [7, 11) is 0. The number of hydrogen-bond acceptors (Lipinski definition) is 4. The standard InChI is InChI=1S/C21H20FN3OS/c1-14(2)12-23-21-25(24-15(3)18-6-4-5-7-20(18)26)19(13-27-21)16-8-10-17(22)11-9-16/h4-11,13,26H,1,12H2,2-3H3. The van der Waals surface area contributed by atoms with Crippen molar-refractivity contribution in [2.75, 3.05) is 6.54 Å². The molecule has 0 aliphatic heterocycles. The zero-order valence-corrected chi connectivity index (χ0v) is 16.0. The number of halogens is 1. The fourth-order valence-corrected chi connectivity index (χ4v) is 3.34. The lowest BCUT2D eigenvalue weighted by Gasteiger charge is -2.07. The second-order valence-electron chi connectivity index (χ2n) is 6.20. The highest BCUT2D eigenvalue weighted by atomic mass is 32.1. The average Bonchev–Trinajstić information content (AvgIpc) is 3.03. The smallest absolute Gasteiger partial charge is 0.206 e. The Morgan fingerprint density at radius 3 is 2.52 bits per heavy atom. The van der Waals surface area contributed by atoms with Crippen LogP contribution >= 0.6 is 11.3 Å². The minimum Gasteiger partial charge on any atom is -0.507 e. The van der Waals surface area contributed by atoms with Crippen molar-refractivity contribution in [3.63, 3.8) is 0 Å². The molecule has 0 aliphatic rings. The topological polar surface area (TPSA) is 49.9 Å². The van der Waals surface area contributed by atoms with E-state index in [4.69, 9.17) is 5.10 Å². The summed E-state index contributed by atoms with van der Waals surface area (Å²) in [6.45, 7) is 8.13. The quantitative estimate of drug-likeness (QED) is 0.500. The molecule has 4 nitrogen and oxygen atoms in total. The maximum Gasteiger partial charge on any atom is 0.206 e. The van der Waals surface area contributed by atoms with Crippen molar-refractivity contribution in [3.05, 3.63) is 82.2 Å². The predicted molar refractivity (Wildman–Crippen MR) is 109 cm³/mol. The number of nitrogens with zero attached hydrogens (tertiary/aromatic N) is 3. The number of phenolic OH excluding ortho intramolecular Hbond substituents is 1. The third kappa shape index (κ3) is 4.41. The predicted octanol–water partition coefficient (Wildman–Crippen LogP) is 4.81. The third-order valence-corrected chi connectivity index (χ3v) is 4.71. The summed E-state index contributed by atoms with van der Waals surface area (Å²) >= 11 is 1.45. The van der Waals surface area contributed by atoms with Gasteiger partial charge in [0.1, 0.15) is 11.6 Å². The molecule has 1 heterocycles. The Morgan fingerprint density at radius 1 is 1.15 bits per heavy atom. The maximum absolute atomic E-state index is 13.3. The van der Waals surface area contributed by atoms with Gasteiger partial charge in [0, 0.05) is 16.5 Å². The molecule has 138 valence electrons. The Morgan fingerprint density at radius 2 is 1.85 bits per heavy atom. The summed E-state index contributed by atoms with van der Waals surface area (Å²) in [6.07, 6.45) is 0. The van der Waals surface area contributed by atoms with Crippen LogP contribution < -0.4 is 4.80 Å². The fraction of sp³-hybridized carbons (Fsp3) is 0.143. The van der Waals surface area contributed by atoms with E-state index in [9.17, 15) is 9.50 Å². The molecule has 0 unspecified atom stereocenters. The number of thiazole rings is 1. The molecule has 0 spiro atoms. The third-order valence-electron chi connectivity index (χ3n) is 3.85. The summed E-state index contributed by atoms with van der Waals surface area (Å²) in [4.78, 5) is 5.28. The van der Waals surface area contributed by atoms with Gasteiger partial charge in [0.15, 0.2) is 0 Å². The van der Waals surface area contributed by atoms with E-state index in [0.29, 0.717) is 22.6 Å². The summed E-state index contributed by atoms with van der Waals surface area (Å²) < 4.78 is 15.0. The largest absolute Gasteiger partial charge is 0.507 e. The van der Waals surface area contributed by atoms with Gasteiger partial charge >= 0.3 is 0 Å². The van der Waals surface area contributed by atoms with E-state index < -0.39 is 0 Å². The van der Waals surface area contributed by atoms with E-state index in [1.54, 1.807) is 28.9 Å². The second kappa shape index (κ2) is 8.14. The van der Waals surface area contributed by atoms with Crippen LogP contribution in [0.3, 0.4) is 0 Å². The van der Waals surface area contributed by atoms with Crippen molar-refractivity contribution in [1.29, 1.82) is 0 Å². The summed E-state index contributed by atoms with van der Waals surface area (Å²) in [5.41, 5.74) is 3.87. The monoisotopic (exact) mass is 381 g/mol. The zero-order valence-electron chi connectivity index (χ0n) is 15.2. The molecule has 0 saturated carbocycles. The molecule has 3 rings (SSSR count). The van der Waals surface area contributed by atoms with Crippen LogP contribution in [0, 0.1) is 5.82 Å². The average molecular weight is 381 g/mol. The van der Waals surface area contributed by atoms with Crippen LogP contribution in [0.15, 0.2) is 76.2 Å². The van der Waals surface area contributed by atoms with Crippen LogP contribution in [0.2, 0.25) is 0 Å². The Balaban J connectivity index is 2.16. The number of aromatic hydroxyl groups is 1. The van der Waals surface area contributed by atoms with E-state index in [2.05, 4.69) is 11.6 Å². The van der Waals surface area contributed by atoms with Crippen molar-refractivity contribution >= 4 is 17.0 Å². The Bertz CT molecular complexity index is 1060. The number of aromatic nitrogens is 1.